The van der Waals surface area contributed by atoms with Crippen molar-refractivity contribution in [3.8, 4) is 0 Å². The van der Waals surface area contributed by atoms with Crippen LogP contribution in [0.3, 0.4) is 0 Å². The molecule has 2 aromatic carbocycles. The number of halogens is 1. The number of aromatic nitrogens is 1. The lowest BCUT2D eigenvalue weighted by atomic mass is 9.74. The van der Waals surface area contributed by atoms with Crippen LogP contribution in [0.4, 0.5) is 10.4 Å². The van der Waals surface area contributed by atoms with Gasteiger partial charge in [-0.3, -0.25) is 0 Å². The molecule has 0 bridgehead atoms. The quantitative estimate of drug-likeness (QED) is 0.783. The molecule has 24 heavy (non-hydrogen) atoms. The summed E-state index contributed by atoms with van der Waals surface area (Å²) in [5.41, 5.74) is 2.62. The van der Waals surface area contributed by atoms with E-state index in [-0.39, 0.29) is 11.2 Å². The van der Waals surface area contributed by atoms with E-state index >= 15 is 0 Å². The third-order valence-electron chi connectivity index (χ3n) is 4.78. The van der Waals surface area contributed by atoms with Gasteiger partial charge in [0.2, 0.25) is 0 Å². The zero-order valence-corrected chi connectivity index (χ0v) is 13.3. The van der Waals surface area contributed by atoms with Gasteiger partial charge in [-0.2, -0.15) is 4.98 Å². The predicted octanol–water partition coefficient (Wildman–Crippen LogP) is 4.13. The Kier molecular flexibility index (Phi) is 3.94. The van der Waals surface area contributed by atoms with E-state index in [1.165, 1.54) is 12.1 Å². The molecular formula is C19H19FN2O2. The minimum Gasteiger partial charge on any atom is -0.424 e. The molecule has 1 saturated heterocycles. The van der Waals surface area contributed by atoms with Crippen LogP contribution in [0, 0.1) is 5.82 Å². The number of nitrogens with zero attached hydrogens (tertiary/aromatic N) is 1. The van der Waals surface area contributed by atoms with Gasteiger partial charge in [-0.15, -0.1) is 0 Å². The summed E-state index contributed by atoms with van der Waals surface area (Å²) in [5, 5.41) is 3.33. The van der Waals surface area contributed by atoms with Gasteiger partial charge < -0.3 is 14.5 Å². The maximum Gasteiger partial charge on any atom is 0.295 e. The van der Waals surface area contributed by atoms with Gasteiger partial charge in [-0.1, -0.05) is 24.3 Å². The van der Waals surface area contributed by atoms with E-state index in [0.717, 1.165) is 29.5 Å². The molecule has 1 fully saturated rings. The summed E-state index contributed by atoms with van der Waals surface area (Å²) in [6.45, 7) is 2.08. The lowest BCUT2D eigenvalue weighted by molar-refractivity contribution is 0.0542. The van der Waals surface area contributed by atoms with E-state index < -0.39 is 0 Å². The Hall–Kier alpha value is -2.40. The number of anilines is 1. The minimum atomic E-state index is -0.215. The van der Waals surface area contributed by atoms with Crippen molar-refractivity contribution in [3.05, 3.63) is 59.9 Å². The van der Waals surface area contributed by atoms with Gasteiger partial charge in [0.15, 0.2) is 5.58 Å². The fourth-order valence-corrected chi connectivity index (χ4v) is 3.33. The monoisotopic (exact) mass is 326 g/mol. The molecule has 0 radical (unpaired) electrons. The second kappa shape index (κ2) is 6.24. The number of rotatable bonds is 4. The Morgan fingerprint density at radius 2 is 1.79 bits per heavy atom. The second-order valence-corrected chi connectivity index (χ2v) is 6.24. The van der Waals surface area contributed by atoms with Gasteiger partial charge in [0.1, 0.15) is 11.3 Å². The van der Waals surface area contributed by atoms with Crippen LogP contribution < -0.4 is 5.32 Å². The Labute approximate surface area is 139 Å². The second-order valence-electron chi connectivity index (χ2n) is 6.24. The molecule has 0 unspecified atom stereocenters. The Balaban J connectivity index is 1.58. The number of nitrogens with one attached hydrogen (secondary N) is 1. The average Bonchev–Trinajstić information content (AvgIpc) is 3.04. The summed E-state index contributed by atoms with van der Waals surface area (Å²) in [6.07, 6.45) is 1.76. The number of benzene rings is 2. The minimum absolute atomic E-state index is 0.105. The van der Waals surface area contributed by atoms with Gasteiger partial charge in [-0.05, 0) is 42.7 Å². The maximum atomic E-state index is 13.3. The first-order chi connectivity index (χ1) is 11.8. The van der Waals surface area contributed by atoms with Crippen molar-refractivity contribution in [3.63, 3.8) is 0 Å². The molecule has 1 N–H and O–H groups in total. The molecule has 1 aliphatic rings. The third kappa shape index (κ3) is 2.87. The first-order valence-electron chi connectivity index (χ1n) is 8.18. The largest absolute Gasteiger partial charge is 0.424 e. The van der Waals surface area contributed by atoms with E-state index in [2.05, 4.69) is 10.3 Å². The molecule has 4 nitrogen and oxygen atoms in total. The molecule has 3 aromatic rings. The van der Waals surface area contributed by atoms with Crippen molar-refractivity contribution < 1.29 is 13.5 Å². The summed E-state index contributed by atoms with van der Waals surface area (Å²) in [7, 11) is 0. The van der Waals surface area contributed by atoms with Gasteiger partial charge in [0.25, 0.3) is 6.01 Å². The average molecular weight is 326 g/mol. The van der Waals surface area contributed by atoms with E-state index in [1.807, 2.05) is 36.4 Å². The van der Waals surface area contributed by atoms with Crippen LogP contribution in [0.1, 0.15) is 18.4 Å². The van der Waals surface area contributed by atoms with Crippen molar-refractivity contribution in [2.75, 3.05) is 25.1 Å². The number of fused-ring (bicyclic) bond motifs is 1. The number of hydrogen-bond donors (Lipinski definition) is 1. The number of para-hydroxylation sites is 2. The highest BCUT2D eigenvalue weighted by molar-refractivity contribution is 5.74. The van der Waals surface area contributed by atoms with Crippen LogP contribution in [-0.2, 0) is 10.2 Å². The van der Waals surface area contributed by atoms with Gasteiger partial charge in [-0.25, -0.2) is 4.39 Å². The predicted molar refractivity (Wildman–Crippen MR) is 90.6 cm³/mol. The summed E-state index contributed by atoms with van der Waals surface area (Å²) in [5.74, 6) is -0.215. The highest BCUT2D eigenvalue weighted by Crippen LogP contribution is 2.35. The van der Waals surface area contributed by atoms with Gasteiger partial charge in [0.05, 0.1) is 0 Å². The molecule has 0 saturated carbocycles. The highest BCUT2D eigenvalue weighted by atomic mass is 19.1. The van der Waals surface area contributed by atoms with Crippen molar-refractivity contribution >= 4 is 17.1 Å². The molecule has 1 aliphatic heterocycles. The van der Waals surface area contributed by atoms with Gasteiger partial charge >= 0.3 is 0 Å². The van der Waals surface area contributed by atoms with Crippen molar-refractivity contribution in [2.45, 2.75) is 18.3 Å². The topological polar surface area (TPSA) is 47.3 Å². The van der Waals surface area contributed by atoms with Gasteiger partial charge in [0, 0.05) is 25.2 Å². The lowest BCUT2D eigenvalue weighted by Crippen LogP contribution is -2.40. The highest BCUT2D eigenvalue weighted by Gasteiger charge is 2.34. The number of ether oxygens (including phenoxy) is 1. The number of hydrogen-bond acceptors (Lipinski definition) is 4. The fourth-order valence-electron chi connectivity index (χ4n) is 3.33. The molecule has 0 amide bonds. The van der Waals surface area contributed by atoms with E-state index in [0.29, 0.717) is 25.8 Å². The molecule has 5 heteroatoms. The number of oxazole rings is 1. The molecule has 0 atom stereocenters. The zero-order valence-electron chi connectivity index (χ0n) is 13.3. The summed E-state index contributed by atoms with van der Waals surface area (Å²) < 4.78 is 24.6. The van der Waals surface area contributed by atoms with Crippen molar-refractivity contribution in [2.24, 2.45) is 0 Å². The SMILES string of the molecule is Fc1ccc(C2(CNc3nc4ccccc4o3)CCOCC2)cc1. The maximum absolute atomic E-state index is 13.3. The summed E-state index contributed by atoms with van der Waals surface area (Å²) in [4.78, 5) is 4.47. The first-order valence-corrected chi connectivity index (χ1v) is 8.18. The standard InChI is InChI=1S/C19H19FN2O2/c20-15-7-5-14(6-8-15)19(9-11-23-12-10-19)13-21-18-22-16-3-1-2-4-17(16)24-18/h1-8H,9-13H2,(H,21,22). The zero-order chi connectivity index (χ0) is 16.4. The van der Waals surface area contributed by atoms with Crippen LogP contribution >= 0.6 is 0 Å². The Bertz CT molecular complexity index is 790. The normalized spacial score (nSPS) is 17.0. The van der Waals surface area contributed by atoms with Crippen molar-refractivity contribution in [1.29, 1.82) is 0 Å². The molecule has 2 heterocycles. The fraction of sp³-hybridized carbons (Fsp3) is 0.316. The van der Waals surface area contributed by atoms with Crippen LogP contribution in [0.5, 0.6) is 0 Å². The van der Waals surface area contributed by atoms with E-state index in [1.54, 1.807) is 0 Å². The van der Waals surface area contributed by atoms with Crippen LogP contribution in [0.25, 0.3) is 11.1 Å². The lowest BCUT2D eigenvalue weighted by Gasteiger charge is -2.37. The van der Waals surface area contributed by atoms with Crippen LogP contribution in [0.2, 0.25) is 0 Å². The third-order valence-corrected chi connectivity index (χ3v) is 4.78. The van der Waals surface area contributed by atoms with Crippen molar-refractivity contribution in [1.82, 2.24) is 4.98 Å². The first kappa shape index (κ1) is 15.1. The molecule has 124 valence electrons. The smallest absolute Gasteiger partial charge is 0.295 e. The van der Waals surface area contributed by atoms with Crippen LogP contribution in [-0.4, -0.2) is 24.7 Å². The Morgan fingerprint density at radius 3 is 2.54 bits per heavy atom. The molecular weight excluding hydrogens is 307 g/mol. The van der Waals surface area contributed by atoms with Crippen LogP contribution in [0.15, 0.2) is 52.9 Å². The molecule has 0 aliphatic carbocycles. The molecule has 1 aromatic heterocycles. The summed E-state index contributed by atoms with van der Waals surface area (Å²) in [6, 6.07) is 15.0. The molecule has 0 spiro atoms. The Morgan fingerprint density at radius 1 is 1.04 bits per heavy atom. The van der Waals surface area contributed by atoms with E-state index in [4.69, 9.17) is 9.15 Å². The van der Waals surface area contributed by atoms with E-state index in [9.17, 15) is 4.39 Å². The molecule has 4 rings (SSSR count). The summed E-state index contributed by atoms with van der Waals surface area (Å²) >= 11 is 0.